The van der Waals surface area contributed by atoms with Crippen LogP contribution in [0.3, 0.4) is 0 Å². The number of aromatic nitrogens is 3. The number of H-pyrrole nitrogens is 1. The van der Waals surface area contributed by atoms with Gasteiger partial charge in [-0.15, -0.1) is 0 Å². The number of hydrogen-bond acceptors (Lipinski definition) is 5. The summed E-state index contributed by atoms with van der Waals surface area (Å²) in [7, 11) is 0. The first-order chi connectivity index (χ1) is 14.2. The van der Waals surface area contributed by atoms with Crippen LogP contribution in [0, 0.1) is 0 Å². The molecule has 6 nitrogen and oxygen atoms in total. The monoisotopic (exact) mass is 426 g/mol. The SMILES string of the molecule is CC(CC(F)(F)F)Nc1ncc2c(=O)[nH]cc(C3CCCCC3)c2n1.OC1CCC1. The average molecular weight is 426 g/mol. The maximum absolute atomic E-state index is 12.5. The lowest BCUT2D eigenvalue weighted by molar-refractivity contribution is -0.136. The summed E-state index contributed by atoms with van der Waals surface area (Å²) in [4.78, 5) is 23.1. The first-order valence-corrected chi connectivity index (χ1v) is 10.6. The summed E-state index contributed by atoms with van der Waals surface area (Å²) < 4.78 is 37.5. The molecule has 1 unspecified atom stereocenters. The average Bonchev–Trinajstić information content (AvgIpc) is 2.66. The Balaban J connectivity index is 0.000000448. The second-order valence-corrected chi connectivity index (χ2v) is 8.31. The van der Waals surface area contributed by atoms with Crippen molar-refractivity contribution in [3.8, 4) is 0 Å². The summed E-state index contributed by atoms with van der Waals surface area (Å²) >= 11 is 0. The van der Waals surface area contributed by atoms with Gasteiger partial charge < -0.3 is 15.4 Å². The lowest BCUT2D eigenvalue weighted by Gasteiger charge is -2.22. The van der Waals surface area contributed by atoms with E-state index in [4.69, 9.17) is 5.11 Å². The molecule has 4 rings (SSSR count). The van der Waals surface area contributed by atoms with Crippen LogP contribution in [0.15, 0.2) is 17.2 Å². The molecule has 0 saturated heterocycles. The van der Waals surface area contributed by atoms with E-state index >= 15 is 0 Å². The van der Waals surface area contributed by atoms with E-state index in [0.717, 1.165) is 44.1 Å². The molecule has 2 heterocycles. The van der Waals surface area contributed by atoms with Crippen LogP contribution in [0.1, 0.15) is 76.2 Å². The Morgan fingerprint density at radius 2 is 1.87 bits per heavy atom. The minimum atomic E-state index is -4.26. The van der Waals surface area contributed by atoms with Crippen LogP contribution >= 0.6 is 0 Å². The lowest BCUT2D eigenvalue weighted by Crippen LogP contribution is -2.25. The second kappa shape index (κ2) is 9.76. The molecule has 2 aliphatic rings. The van der Waals surface area contributed by atoms with Crippen LogP contribution in [0.25, 0.3) is 10.9 Å². The zero-order valence-electron chi connectivity index (χ0n) is 17.1. The fourth-order valence-electron chi connectivity index (χ4n) is 3.86. The van der Waals surface area contributed by atoms with Crippen molar-refractivity contribution in [2.45, 2.75) is 89.0 Å². The van der Waals surface area contributed by atoms with E-state index in [2.05, 4.69) is 20.3 Å². The molecule has 0 aliphatic heterocycles. The zero-order valence-corrected chi connectivity index (χ0v) is 17.1. The van der Waals surface area contributed by atoms with Gasteiger partial charge in [-0.2, -0.15) is 13.2 Å². The van der Waals surface area contributed by atoms with Gasteiger partial charge in [0.05, 0.1) is 23.4 Å². The molecule has 2 aromatic heterocycles. The summed E-state index contributed by atoms with van der Waals surface area (Å²) in [5.41, 5.74) is 1.19. The summed E-state index contributed by atoms with van der Waals surface area (Å²) in [6, 6.07) is -0.849. The fraction of sp³-hybridized carbons (Fsp3) is 0.667. The molecule has 166 valence electrons. The van der Waals surface area contributed by atoms with Crippen molar-refractivity contribution < 1.29 is 18.3 Å². The van der Waals surface area contributed by atoms with Gasteiger partial charge in [0, 0.05) is 18.4 Å². The minimum absolute atomic E-state index is 0.0648. The third-order valence-electron chi connectivity index (χ3n) is 5.70. The third-order valence-corrected chi connectivity index (χ3v) is 5.70. The highest BCUT2D eigenvalue weighted by atomic mass is 19.4. The van der Waals surface area contributed by atoms with Gasteiger partial charge in [0.25, 0.3) is 5.56 Å². The van der Waals surface area contributed by atoms with Gasteiger partial charge in [-0.05, 0) is 50.5 Å². The molecule has 3 N–H and O–H groups in total. The number of aliphatic hydroxyl groups excluding tert-OH is 1. The van der Waals surface area contributed by atoms with Crippen LogP contribution in [0.4, 0.5) is 19.1 Å². The number of fused-ring (bicyclic) bond motifs is 1. The maximum Gasteiger partial charge on any atom is 0.391 e. The number of nitrogens with zero attached hydrogens (tertiary/aromatic N) is 2. The fourth-order valence-corrected chi connectivity index (χ4v) is 3.86. The van der Waals surface area contributed by atoms with Crippen molar-refractivity contribution in [3.63, 3.8) is 0 Å². The molecule has 2 saturated carbocycles. The molecule has 0 radical (unpaired) electrons. The van der Waals surface area contributed by atoms with Gasteiger partial charge in [0.1, 0.15) is 0 Å². The Morgan fingerprint density at radius 1 is 1.20 bits per heavy atom. The quantitative estimate of drug-likeness (QED) is 0.662. The van der Waals surface area contributed by atoms with Gasteiger partial charge in [0.15, 0.2) is 0 Å². The zero-order chi connectivity index (χ0) is 21.7. The Bertz CT molecular complexity index is 890. The Labute approximate surface area is 173 Å². The van der Waals surface area contributed by atoms with Crippen LogP contribution in [-0.2, 0) is 0 Å². The topological polar surface area (TPSA) is 90.9 Å². The Hall–Kier alpha value is -2.16. The number of aromatic amines is 1. The van der Waals surface area contributed by atoms with E-state index in [1.807, 2.05) is 0 Å². The first kappa shape index (κ1) is 22.5. The van der Waals surface area contributed by atoms with E-state index in [9.17, 15) is 18.0 Å². The molecule has 30 heavy (non-hydrogen) atoms. The molecular formula is C21H29F3N4O2. The van der Waals surface area contributed by atoms with Gasteiger partial charge in [-0.25, -0.2) is 9.97 Å². The summed E-state index contributed by atoms with van der Waals surface area (Å²) in [5.74, 6) is 0.426. The van der Waals surface area contributed by atoms with Crippen molar-refractivity contribution in [2.75, 3.05) is 5.32 Å². The van der Waals surface area contributed by atoms with Crippen molar-refractivity contribution in [1.82, 2.24) is 15.0 Å². The number of rotatable bonds is 4. The van der Waals surface area contributed by atoms with Gasteiger partial charge in [0.2, 0.25) is 5.95 Å². The van der Waals surface area contributed by atoms with Crippen molar-refractivity contribution in [2.24, 2.45) is 0 Å². The van der Waals surface area contributed by atoms with E-state index in [-0.39, 0.29) is 17.6 Å². The summed E-state index contributed by atoms with van der Waals surface area (Å²) in [6.45, 7) is 1.43. The largest absolute Gasteiger partial charge is 0.393 e. The van der Waals surface area contributed by atoms with Crippen LogP contribution in [-0.4, -0.2) is 38.4 Å². The Morgan fingerprint density at radius 3 is 2.43 bits per heavy atom. The van der Waals surface area contributed by atoms with Crippen molar-refractivity contribution in [3.05, 3.63) is 28.3 Å². The van der Waals surface area contributed by atoms with E-state index in [1.165, 1.54) is 26.0 Å². The van der Waals surface area contributed by atoms with Gasteiger partial charge in [-0.3, -0.25) is 4.79 Å². The van der Waals surface area contributed by atoms with E-state index in [1.54, 1.807) is 6.20 Å². The third kappa shape index (κ3) is 6.17. The molecule has 9 heteroatoms. The smallest absolute Gasteiger partial charge is 0.391 e. The number of alkyl halides is 3. The number of nitrogens with one attached hydrogen (secondary N) is 2. The van der Waals surface area contributed by atoms with Crippen LogP contribution in [0.5, 0.6) is 0 Å². The molecule has 2 aromatic rings. The molecule has 1 atom stereocenters. The number of aliphatic hydroxyl groups is 1. The Kier molecular flexibility index (Phi) is 7.33. The highest BCUT2D eigenvalue weighted by Gasteiger charge is 2.30. The number of pyridine rings is 1. The predicted molar refractivity (Wildman–Crippen MR) is 110 cm³/mol. The summed E-state index contributed by atoms with van der Waals surface area (Å²) in [5, 5.41) is 11.5. The number of anilines is 1. The first-order valence-electron chi connectivity index (χ1n) is 10.6. The van der Waals surface area contributed by atoms with Crippen LogP contribution in [0.2, 0.25) is 0 Å². The summed E-state index contributed by atoms with van der Waals surface area (Å²) in [6.07, 6.45) is 6.75. The van der Waals surface area contributed by atoms with Crippen LogP contribution < -0.4 is 10.9 Å². The molecule has 0 aromatic carbocycles. The molecule has 0 spiro atoms. The normalized spacial score (nSPS) is 19.0. The predicted octanol–water partition coefficient (Wildman–Crippen LogP) is 4.65. The highest BCUT2D eigenvalue weighted by Crippen LogP contribution is 2.34. The van der Waals surface area contributed by atoms with E-state index < -0.39 is 18.6 Å². The molecule has 0 amide bonds. The lowest BCUT2D eigenvalue weighted by atomic mass is 9.84. The van der Waals surface area contributed by atoms with Crippen molar-refractivity contribution >= 4 is 16.9 Å². The molecule has 0 bridgehead atoms. The van der Waals surface area contributed by atoms with E-state index in [0.29, 0.717) is 16.8 Å². The van der Waals surface area contributed by atoms with Crippen molar-refractivity contribution in [1.29, 1.82) is 0 Å². The highest BCUT2D eigenvalue weighted by molar-refractivity contribution is 5.81. The van der Waals surface area contributed by atoms with Gasteiger partial charge >= 0.3 is 6.18 Å². The second-order valence-electron chi connectivity index (χ2n) is 8.31. The molecular weight excluding hydrogens is 397 g/mol. The number of hydrogen-bond donors (Lipinski definition) is 3. The molecule has 2 aliphatic carbocycles. The maximum atomic E-state index is 12.5. The standard InChI is InChI=1S/C17H21F3N4O.C4H8O/c1-10(7-17(18,19)20)23-16-22-9-13-14(24-16)12(8-21-15(13)25)11-5-3-2-4-6-11;5-4-2-1-3-4/h8-11H,2-7H2,1H3,(H,21,25)(H,22,23,24);4-5H,1-3H2. The number of halogens is 3. The minimum Gasteiger partial charge on any atom is -0.393 e. The van der Waals surface area contributed by atoms with Gasteiger partial charge in [-0.1, -0.05) is 19.3 Å². The molecule has 2 fully saturated rings.